The lowest BCUT2D eigenvalue weighted by atomic mass is 10.0. The van der Waals surface area contributed by atoms with Crippen LogP contribution in [0.2, 0.25) is 0 Å². The number of methoxy groups -OCH3 is 1. The first-order valence-electron chi connectivity index (χ1n) is 11.5. The molecular formula is C23H45NO5. The van der Waals surface area contributed by atoms with Crippen LogP contribution in [0.3, 0.4) is 0 Å². The fraction of sp³-hybridized carbons (Fsp3) is 0.913. The Morgan fingerprint density at radius 2 is 1.62 bits per heavy atom. The molecule has 0 radical (unpaired) electrons. The number of ether oxygens (including phenoxy) is 2. The van der Waals surface area contributed by atoms with E-state index < -0.39 is 6.29 Å². The topological polar surface area (TPSA) is 84.9 Å². The van der Waals surface area contributed by atoms with Crippen molar-refractivity contribution in [1.82, 2.24) is 5.32 Å². The van der Waals surface area contributed by atoms with Gasteiger partial charge in [0.2, 0.25) is 5.91 Å². The minimum Gasteiger partial charge on any atom is -0.376 e. The maximum Gasteiger partial charge on any atom is 0.219 e. The molecule has 0 aromatic rings. The quantitative estimate of drug-likeness (QED) is 0.228. The lowest BCUT2D eigenvalue weighted by Crippen LogP contribution is -2.31. The average Bonchev–Trinajstić information content (AvgIpc) is 2.68. The highest BCUT2D eigenvalue weighted by Gasteiger charge is 2.19. The zero-order chi connectivity index (χ0) is 21.9. The normalized spacial score (nSPS) is 13.4. The molecule has 0 fully saturated rings. The van der Waals surface area contributed by atoms with Crippen molar-refractivity contribution in [1.29, 1.82) is 0 Å². The highest BCUT2D eigenvalue weighted by molar-refractivity contribution is 5.78. The molecule has 0 aliphatic rings. The number of nitrogens with one attached hydrogen (secondary N) is 1. The second-order valence-corrected chi connectivity index (χ2v) is 8.27. The van der Waals surface area contributed by atoms with Crippen LogP contribution in [0, 0.1) is 5.92 Å². The Morgan fingerprint density at radius 1 is 0.931 bits per heavy atom. The van der Waals surface area contributed by atoms with Crippen molar-refractivity contribution in [3.63, 3.8) is 0 Å². The summed E-state index contributed by atoms with van der Waals surface area (Å²) in [6, 6.07) is 0. The summed E-state index contributed by atoms with van der Waals surface area (Å²) in [4.78, 5) is 23.4. The van der Waals surface area contributed by atoms with Gasteiger partial charge in [-0.2, -0.15) is 0 Å². The number of carbonyl (C=O) groups is 2. The Balaban J connectivity index is 3.58. The first kappa shape index (κ1) is 28.0. The molecule has 0 aliphatic heterocycles. The van der Waals surface area contributed by atoms with Gasteiger partial charge >= 0.3 is 0 Å². The van der Waals surface area contributed by atoms with Crippen LogP contribution in [0.4, 0.5) is 0 Å². The van der Waals surface area contributed by atoms with Gasteiger partial charge in [-0.3, -0.25) is 9.59 Å². The van der Waals surface area contributed by atoms with E-state index in [-0.39, 0.29) is 12.0 Å². The summed E-state index contributed by atoms with van der Waals surface area (Å²) in [6.07, 6.45) is 8.69. The van der Waals surface area contributed by atoms with Gasteiger partial charge in [0.15, 0.2) is 6.29 Å². The molecule has 0 aromatic carbocycles. The van der Waals surface area contributed by atoms with E-state index in [0.29, 0.717) is 44.1 Å². The summed E-state index contributed by atoms with van der Waals surface area (Å²) in [5.74, 6) is 0.975. The number of carbonyl (C=O) groups excluding carboxylic acids is 2. The molecule has 1 amide bonds. The zero-order valence-electron chi connectivity index (χ0n) is 19.2. The summed E-state index contributed by atoms with van der Waals surface area (Å²) in [7, 11) is 1.59. The van der Waals surface area contributed by atoms with E-state index in [1.165, 1.54) is 0 Å². The number of amides is 1. The Morgan fingerprint density at radius 3 is 2.28 bits per heavy atom. The maximum atomic E-state index is 11.8. The van der Waals surface area contributed by atoms with Crippen LogP contribution in [0.25, 0.3) is 0 Å². The molecule has 29 heavy (non-hydrogen) atoms. The maximum absolute atomic E-state index is 11.8. The second-order valence-electron chi connectivity index (χ2n) is 8.27. The first-order valence-corrected chi connectivity index (χ1v) is 11.5. The van der Waals surface area contributed by atoms with Crippen molar-refractivity contribution in [2.24, 2.45) is 5.92 Å². The molecular weight excluding hydrogens is 370 g/mol. The van der Waals surface area contributed by atoms with Crippen molar-refractivity contribution >= 4 is 11.7 Å². The molecule has 6 nitrogen and oxygen atoms in total. The molecule has 2 N–H and O–H groups in total. The van der Waals surface area contributed by atoms with Crippen molar-refractivity contribution in [3.05, 3.63) is 0 Å². The van der Waals surface area contributed by atoms with Gasteiger partial charge in [0, 0.05) is 39.5 Å². The van der Waals surface area contributed by atoms with E-state index in [1.54, 1.807) is 7.11 Å². The fourth-order valence-electron chi connectivity index (χ4n) is 3.01. The summed E-state index contributed by atoms with van der Waals surface area (Å²) < 4.78 is 10.8. The van der Waals surface area contributed by atoms with Crippen molar-refractivity contribution in [2.45, 2.75) is 110 Å². The average molecular weight is 416 g/mol. The number of unbranched alkanes of at least 4 members (excludes halogenated alkanes) is 4. The predicted molar refractivity (Wildman–Crippen MR) is 117 cm³/mol. The monoisotopic (exact) mass is 415 g/mol. The van der Waals surface area contributed by atoms with Crippen LogP contribution in [-0.2, 0) is 19.1 Å². The lowest BCUT2D eigenvalue weighted by Gasteiger charge is -2.22. The standard InChI is InChI=1S/C23H45NO5/c1-5-6-12-20(25)13-8-7-10-17-24-22(26)14-9-11-18-29-23(27)21(28-4)16-15-19(2)3/h19,21,23,27H,5-18H2,1-4H3,(H,24,26). The van der Waals surface area contributed by atoms with Crippen LogP contribution in [0.1, 0.15) is 97.8 Å². The van der Waals surface area contributed by atoms with Crippen molar-refractivity contribution in [3.8, 4) is 0 Å². The van der Waals surface area contributed by atoms with Crippen molar-refractivity contribution in [2.75, 3.05) is 20.3 Å². The Hall–Kier alpha value is -0.980. The molecule has 0 saturated carbocycles. The summed E-state index contributed by atoms with van der Waals surface area (Å²) >= 11 is 0. The molecule has 0 aromatic heterocycles. The van der Waals surface area contributed by atoms with Gasteiger partial charge in [-0.25, -0.2) is 0 Å². The smallest absolute Gasteiger partial charge is 0.219 e. The van der Waals surface area contributed by atoms with Gasteiger partial charge in [-0.15, -0.1) is 0 Å². The van der Waals surface area contributed by atoms with E-state index in [0.717, 1.165) is 57.8 Å². The largest absolute Gasteiger partial charge is 0.376 e. The second kappa shape index (κ2) is 19.0. The number of hydrogen-bond acceptors (Lipinski definition) is 5. The van der Waals surface area contributed by atoms with Crippen LogP contribution in [0.5, 0.6) is 0 Å². The van der Waals surface area contributed by atoms with Crippen LogP contribution in [0.15, 0.2) is 0 Å². The lowest BCUT2D eigenvalue weighted by molar-refractivity contribution is -0.173. The number of hydrogen-bond donors (Lipinski definition) is 2. The number of ketones is 1. The molecule has 0 heterocycles. The molecule has 172 valence electrons. The molecule has 2 atom stereocenters. The van der Waals surface area contributed by atoms with Crippen LogP contribution in [-0.4, -0.2) is 49.5 Å². The predicted octanol–water partition coefficient (Wildman–Crippen LogP) is 4.38. The zero-order valence-corrected chi connectivity index (χ0v) is 19.2. The molecule has 0 bridgehead atoms. The molecule has 0 spiro atoms. The number of aliphatic hydroxyl groups excluding tert-OH is 1. The SMILES string of the molecule is CCCCC(=O)CCCCCNC(=O)CCCCOC(O)C(CCC(C)C)OC. The first-order chi connectivity index (χ1) is 13.9. The Kier molecular flexibility index (Phi) is 18.4. The fourth-order valence-corrected chi connectivity index (χ4v) is 3.01. The minimum atomic E-state index is -0.915. The summed E-state index contributed by atoms with van der Waals surface area (Å²) in [5, 5.41) is 13.0. The van der Waals surface area contributed by atoms with Crippen LogP contribution >= 0.6 is 0 Å². The van der Waals surface area contributed by atoms with E-state index >= 15 is 0 Å². The molecule has 2 unspecified atom stereocenters. The Labute approximate surface area is 178 Å². The van der Waals surface area contributed by atoms with Gasteiger partial charge < -0.3 is 19.9 Å². The number of aliphatic hydroxyl groups is 1. The molecule has 0 saturated heterocycles. The minimum absolute atomic E-state index is 0.0521. The van der Waals surface area contributed by atoms with Gasteiger partial charge in [0.1, 0.15) is 11.9 Å². The van der Waals surface area contributed by atoms with E-state index in [1.807, 2.05) is 0 Å². The van der Waals surface area contributed by atoms with E-state index in [2.05, 4.69) is 26.1 Å². The Bertz CT molecular complexity index is 414. The third kappa shape index (κ3) is 17.6. The highest BCUT2D eigenvalue weighted by atomic mass is 16.6. The van der Waals surface area contributed by atoms with Crippen LogP contribution < -0.4 is 5.32 Å². The molecule has 0 rings (SSSR count). The van der Waals surface area contributed by atoms with E-state index in [4.69, 9.17) is 9.47 Å². The molecule has 6 heteroatoms. The third-order valence-electron chi connectivity index (χ3n) is 5.00. The number of rotatable bonds is 20. The van der Waals surface area contributed by atoms with Gasteiger partial charge in [0.25, 0.3) is 0 Å². The van der Waals surface area contributed by atoms with Gasteiger partial charge in [-0.1, -0.05) is 33.6 Å². The third-order valence-corrected chi connectivity index (χ3v) is 5.00. The van der Waals surface area contributed by atoms with Gasteiger partial charge in [-0.05, 0) is 50.9 Å². The molecule has 0 aliphatic carbocycles. The summed E-state index contributed by atoms with van der Waals surface area (Å²) in [6.45, 7) is 7.46. The summed E-state index contributed by atoms with van der Waals surface area (Å²) in [5.41, 5.74) is 0. The van der Waals surface area contributed by atoms with Crippen molar-refractivity contribution < 1.29 is 24.2 Å². The highest BCUT2D eigenvalue weighted by Crippen LogP contribution is 2.13. The number of Topliss-reactive ketones (excluding diaryl/α,β-unsaturated/α-hetero) is 1. The van der Waals surface area contributed by atoms with Gasteiger partial charge in [0.05, 0.1) is 0 Å². The van der Waals surface area contributed by atoms with E-state index in [9.17, 15) is 14.7 Å².